The van der Waals surface area contributed by atoms with Gasteiger partial charge in [-0.25, -0.2) is 15.0 Å². The van der Waals surface area contributed by atoms with Crippen molar-refractivity contribution in [2.24, 2.45) is 0 Å². The van der Waals surface area contributed by atoms with E-state index in [1.54, 1.807) is 6.33 Å². The third-order valence-electron chi connectivity index (χ3n) is 6.50. The van der Waals surface area contributed by atoms with Gasteiger partial charge in [0, 0.05) is 27.4 Å². The SMILES string of the molecule is Cc1cccc(C)c1-c1ccc2c(c1)c1ccccc1n2Cc1ncnc(-c2ccccc2)n1. The lowest BCUT2D eigenvalue weighted by Gasteiger charge is -2.11. The number of hydrogen-bond donors (Lipinski definition) is 0. The van der Waals surface area contributed by atoms with E-state index in [0.717, 1.165) is 11.4 Å². The number of benzene rings is 4. The molecule has 2 heterocycles. The molecule has 0 unspecified atom stereocenters. The average molecular weight is 441 g/mol. The summed E-state index contributed by atoms with van der Waals surface area (Å²) in [6, 6.07) is 31.9. The van der Waals surface area contributed by atoms with E-state index in [-0.39, 0.29) is 0 Å². The Morgan fingerprint density at radius 3 is 2.21 bits per heavy atom. The molecule has 0 aliphatic heterocycles. The summed E-state index contributed by atoms with van der Waals surface area (Å²) in [5, 5.41) is 2.48. The van der Waals surface area contributed by atoms with Gasteiger partial charge >= 0.3 is 0 Å². The van der Waals surface area contributed by atoms with Gasteiger partial charge in [0.25, 0.3) is 0 Å². The Morgan fingerprint density at radius 1 is 0.647 bits per heavy atom. The molecule has 4 nitrogen and oxygen atoms in total. The standard InChI is InChI=1S/C30H24N4/c1-20-9-8-10-21(2)29(20)23-15-16-27-25(17-23)24-13-6-7-14-26(24)34(27)18-28-31-19-32-30(33-28)22-11-4-3-5-12-22/h3-17,19H,18H2,1-2H3. The van der Waals surface area contributed by atoms with Crippen molar-refractivity contribution in [1.29, 1.82) is 0 Å². The fourth-order valence-corrected chi connectivity index (χ4v) is 4.92. The molecular weight excluding hydrogens is 416 g/mol. The van der Waals surface area contributed by atoms with Gasteiger partial charge in [-0.1, -0.05) is 72.8 Å². The maximum Gasteiger partial charge on any atom is 0.163 e. The summed E-state index contributed by atoms with van der Waals surface area (Å²) in [4.78, 5) is 13.7. The van der Waals surface area contributed by atoms with Gasteiger partial charge in [0.15, 0.2) is 11.6 Å². The fraction of sp³-hybridized carbons (Fsp3) is 0.100. The Hall–Kier alpha value is -4.31. The first-order valence-corrected chi connectivity index (χ1v) is 11.5. The van der Waals surface area contributed by atoms with Gasteiger partial charge in [0.2, 0.25) is 0 Å². The average Bonchev–Trinajstić information content (AvgIpc) is 3.18. The summed E-state index contributed by atoms with van der Waals surface area (Å²) in [5.41, 5.74) is 8.49. The molecule has 4 aromatic carbocycles. The zero-order valence-electron chi connectivity index (χ0n) is 19.2. The highest BCUT2D eigenvalue weighted by Crippen LogP contribution is 2.35. The van der Waals surface area contributed by atoms with Crippen molar-refractivity contribution in [2.75, 3.05) is 0 Å². The first-order chi connectivity index (χ1) is 16.7. The molecule has 164 valence electrons. The monoisotopic (exact) mass is 440 g/mol. The van der Waals surface area contributed by atoms with Gasteiger partial charge in [-0.3, -0.25) is 0 Å². The van der Waals surface area contributed by atoms with E-state index in [0.29, 0.717) is 12.4 Å². The van der Waals surface area contributed by atoms with Crippen LogP contribution in [0, 0.1) is 13.8 Å². The van der Waals surface area contributed by atoms with Crippen molar-refractivity contribution in [1.82, 2.24) is 19.5 Å². The van der Waals surface area contributed by atoms with Crippen LogP contribution in [-0.2, 0) is 6.54 Å². The molecule has 0 aliphatic carbocycles. The topological polar surface area (TPSA) is 43.6 Å². The third-order valence-corrected chi connectivity index (χ3v) is 6.50. The van der Waals surface area contributed by atoms with E-state index in [2.05, 4.69) is 89.0 Å². The second-order valence-electron chi connectivity index (χ2n) is 8.69. The number of para-hydroxylation sites is 1. The highest BCUT2D eigenvalue weighted by Gasteiger charge is 2.15. The van der Waals surface area contributed by atoms with Crippen molar-refractivity contribution in [3.05, 3.63) is 114 Å². The normalized spacial score (nSPS) is 11.4. The summed E-state index contributed by atoms with van der Waals surface area (Å²) in [7, 11) is 0. The summed E-state index contributed by atoms with van der Waals surface area (Å²) in [6.07, 6.45) is 1.61. The van der Waals surface area contributed by atoms with Crippen LogP contribution < -0.4 is 0 Å². The first-order valence-electron chi connectivity index (χ1n) is 11.5. The van der Waals surface area contributed by atoms with Gasteiger partial charge in [-0.2, -0.15) is 0 Å². The molecule has 6 aromatic rings. The zero-order valence-corrected chi connectivity index (χ0v) is 19.2. The smallest absolute Gasteiger partial charge is 0.163 e. The van der Waals surface area contributed by atoms with E-state index in [1.807, 2.05) is 30.3 Å². The van der Waals surface area contributed by atoms with Crippen molar-refractivity contribution in [3.63, 3.8) is 0 Å². The molecule has 34 heavy (non-hydrogen) atoms. The zero-order chi connectivity index (χ0) is 23.1. The Morgan fingerprint density at radius 2 is 1.38 bits per heavy atom. The molecule has 0 saturated heterocycles. The Labute approximate surface area is 198 Å². The molecule has 0 radical (unpaired) electrons. The molecule has 0 aliphatic rings. The van der Waals surface area contributed by atoms with Crippen LogP contribution >= 0.6 is 0 Å². The predicted molar refractivity (Wildman–Crippen MR) is 139 cm³/mol. The lowest BCUT2D eigenvalue weighted by atomic mass is 9.95. The lowest BCUT2D eigenvalue weighted by molar-refractivity contribution is 0.782. The number of fused-ring (bicyclic) bond motifs is 3. The molecule has 0 atom stereocenters. The number of aryl methyl sites for hydroxylation is 2. The number of hydrogen-bond acceptors (Lipinski definition) is 3. The van der Waals surface area contributed by atoms with Gasteiger partial charge in [-0.15, -0.1) is 0 Å². The fourth-order valence-electron chi connectivity index (χ4n) is 4.92. The lowest BCUT2D eigenvalue weighted by Crippen LogP contribution is -2.06. The van der Waals surface area contributed by atoms with Gasteiger partial charge in [-0.05, 0) is 54.3 Å². The first kappa shape index (κ1) is 20.3. The summed E-state index contributed by atoms with van der Waals surface area (Å²) < 4.78 is 2.31. The summed E-state index contributed by atoms with van der Waals surface area (Å²) >= 11 is 0. The highest BCUT2D eigenvalue weighted by molar-refractivity contribution is 6.09. The molecule has 6 rings (SSSR count). The van der Waals surface area contributed by atoms with E-state index in [9.17, 15) is 0 Å². The molecule has 4 heteroatoms. The van der Waals surface area contributed by atoms with Crippen molar-refractivity contribution in [2.45, 2.75) is 20.4 Å². The van der Waals surface area contributed by atoms with Crippen LogP contribution in [0.25, 0.3) is 44.3 Å². The molecule has 0 saturated carbocycles. The minimum absolute atomic E-state index is 0.578. The molecule has 0 fully saturated rings. The quantitative estimate of drug-likeness (QED) is 0.297. The maximum absolute atomic E-state index is 4.78. The van der Waals surface area contributed by atoms with E-state index >= 15 is 0 Å². The van der Waals surface area contributed by atoms with E-state index in [1.165, 1.54) is 44.1 Å². The number of rotatable bonds is 4. The maximum atomic E-state index is 4.78. The number of nitrogens with zero attached hydrogens (tertiary/aromatic N) is 4. The summed E-state index contributed by atoms with van der Waals surface area (Å²) in [5.74, 6) is 1.44. The molecule has 0 spiro atoms. The molecule has 0 amide bonds. The Kier molecular flexibility index (Phi) is 4.92. The van der Waals surface area contributed by atoms with Crippen LogP contribution in [0.5, 0.6) is 0 Å². The van der Waals surface area contributed by atoms with E-state index in [4.69, 9.17) is 4.98 Å². The molecule has 2 aromatic heterocycles. The minimum Gasteiger partial charge on any atom is -0.333 e. The van der Waals surface area contributed by atoms with Gasteiger partial charge < -0.3 is 4.57 Å². The van der Waals surface area contributed by atoms with Crippen molar-refractivity contribution in [3.8, 4) is 22.5 Å². The Bertz CT molecular complexity index is 1630. The minimum atomic E-state index is 0.578. The highest BCUT2D eigenvalue weighted by atomic mass is 15.1. The predicted octanol–water partition coefficient (Wildman–Crippen LogP) is 6.98. The van der Waals surface area contributed by atoms with Crippen LogP contribution in [0.3, 0.4) is 0 Å². The largest absolute Gasteiger partial charge is 0.333 e. The van der Waals surface area contributed by atoms with Gasteiger partial charge in [0.1, 0.15) is 6.33 Å². The van der Waals surface area contributed by atoms with Crippen molar-refractivity contribution < 1.29 is 0 Å². The van der Waals surface area contributed by atoms with Crippen LogP contribution in [0.15, 0.2) is 97.3 Å². The summed E-state index contributed by atoms with van der Waals surface area (Å²) in [6.45, 7) is 4.94. The Balaban J connectivity index is 1.49. The van der Waals surface area contributed by atoms with Crippen LogP contribution in [-0.4, -0.2) is 19.5 Å². The van der Waals surface area contributed by atoms with Crippen LogP contribution in [0.4, 0.5) is 0 Å². The second kappa shape index (κ2) is 8.23. The number of aromatic nitrogens is 4. The van der Waals surface area contributed by atoms with Crippen LogP contribution in [0.1, 0.15) is 17.0 Å². The molecule has 0 bridgehead atoms. The van der Waals surface area contributed by atoms with E-state index < -0.39 is 0 Å². The molecular formula is C30H24N4. The van der Waals surface area contributed by atoms with Crippen LogP contribution in [0.2, 0.25) is 0 Å². The third kappa shape index (κ3) is 3.44. The second-order valence-corrected chi connectivity index (χ2v) is 8.69. The van der Waals surface area contributed by atoms with Crippen molar-refractivity contribution >= 4 is 21.8 Å². The van der Waals surface area contributed by atoms with Gasteiger partial charge in [0.05, 0.1) is 6.54 Å². The molecule has 0 N–H and O–H groups in total.